The molecule has 0 spiro atoms. The molecule has 0 aliphatic rings. The Bertz CT molecular complexity index is 1030. The van der Waals surface area contributed by atoms with Crippen LogP contribution in [-0.2, 0) is 12.2 Å². The summed E-state index contributed by atoms with van der Waals surface area (Å²) in [6, 6.07) is 5.05. The molecule has 0 amide bonds. The van der Waals surface area contributed by atoms with E-state index in [4.69, 9.17) is 46.3 Å². The van der Waals surface area contributed by atoms with E-state index in [-0.39, 0.29) is 24.3 Å². The molecule has 0 aromatic heterocycles. The van der Waals surface area contributed by atoms with Crippen LogP contribution in [0.15, 0.2) is 41.5 Å². The molecular weight excluding hydrogens is 510 g/mol. The van der Waals surface area contributed by atoms with Gasteiger partial charge in [-0.2, -0.15) is 26.3 Å². The van der Waals surface area contributed by atoms with Gasteiger partial charge in [0.25, 0.3) is 0 Å². The van der Waals surface area contributed by atoms with Crippen LogP contribution in [0.5, 0.6) is 0 Å². The molecule has 0 fully saturated rings. The lowest BCUT2D eigenvalue weighted by atomic mass is 9.94. The molecule has 2 aromatic rings. The number of hydrogen-bond acceptors (Lipinski definition) is 3. The van der Waals surface area contributed by atoms with Gasteiger partial charge in [0.2, 0.25) is 0 Å². The van der Waals surface area contributed by atoms with Crippen molar-refractivity contribution in [2.75, 3.05) is 0 Å². The molecule has 0 radical (unpaired) electrons. The maximum atomic E-state index is 14.3. The van der Waals surface area contributed by atoms with Crippen molar-refractivity contribution in [3.8, 4) is 0 Å². The maximum absolute atomic E-state index is 14.3. The summed E-state index contributed by atoms with van der Waals surface area (Å²) in [4.78, 5) is 3.89. The van der Waals surface area contributed by atoms with Crippen LogP contribution in [0.25, 0.3) is 5.57 Å². The van der Waals surface area contributed by atoms with Crippen LogP contribution in [0.1, 0.15) is 16.7 Å². The fourth-order valence-electron chi connectivity index (χ4n) is 2.63. The number of alkyl halides is 7. The van der Waals surface area contributed by atoms with Gasteiger partial charge in [-0.3, -0.25) is 4.99 Å². The largest absolute Gasteiger partial charge is 0.435 e. The number of rotatable bonds is 5. The van der Waals surface area contributed by atoms with Crippen molar-refractivity contribution in [3.63, 3.8) is 0 Å². The fourth-order valence-corrected chi connectivity index (χ4v) is 3.41. The Labute approximate surface area is 192 Å². The van der Waals surface area contributed by atoms with Gasteiger partial charge in [0.1, 0.15) is 5.69 Å². The van der Waals surface area contributed by atoms with Crippen LogP contribution >= 0.6 is 34.8 Å². The molecule has 32 heavy (non-hydrogen) atoms. The number of nitrogens with zero attached hydrogens (tertiary/aromatic N) is 1. The first-order valence-corrected chi connectivity index (χ1v) is 9.57. The third kappa shape index (κ3) is 4.98. The van der Waals surface area contributed by atoms with Crippen molar-refractivity contribution >= 4 is 52.3 Å². The molecule has 0 saturated heterocycles. The fraction of sp³-hybridized carbons (Fsp3) is 0.211. The lowest BCUT2D eigenvalue weighted by Crippen LogP contribution is -2.50. The second kappa shape index (κ2) is 9.46. The van der Waals surface area contributed by atoms with Crippen LogP contribution in [-0.4, -0.2) is 18.6 Å². The molecule has 0 unspecified atom stereocenters. The predicted octanol–water partition coefficient (Wildman–Crippen LogP) is 7.10. The van der Waals surface area contributed by atoms with E-state index in [1.807, 2.05) is 0 Å². The second-order valence-electron chi connectivity index (χ2n) is 6.33. The number of hydrogen-bond donors (Lipinski definition) is 2. The van der Waals surface area contributed by atoms with Gasteiger partial charge >= 0.3 is 18.0 Å². The standard InChI is InChI=1S/C19H13Cl3F7N3/c20-13-2-1-9(3-10(13)6-30)11(7-31)8-32-16-14(21)4-12(5-15(16)22)17(23,18(24,25)26)19(27,28)29/h1-5,7-8H,6,30-31H2. The molecule has 0 aliphatic heterocycles. The van der Waals surface area contributed by atoms with Crippen molar-refractivity contribution in [2.24, 2.45) is 16.5 Å². The maximum Gasteiger partial charge on any atom is 0.435 e. The average molecular weight is 523 g/mol. The minimum absolute atomic E-state index is 0.115. The van der Waals surface area contributed by atoms with Crippen molar-refractivity contribution in [1.82, 2.24) is 0 Å². The van der Waals surface area contributed by atoms with Gasteiger partial charge in [-0.1, -0.05) is 40.9 Å². The van der Waals surface area contributed by atoms with Crippen molar-refractivity contribution in [1.29, 1.82) is 0 Å². The molecule has 174 valence electrons. The average Bonchev–Trinajstić information content (AvgIpc) is 2.68. The van der Waals surface area contributed by atoms with Gasteiger partial charge in [-0.15, -0.1) is 0 Å². The Kier molecular flexibility index (Phi) is 7.76. The monoisotopic (exact) mass is 521 g/mol. The van der Waals surface area contributed by atoms with Crippen molar-refractivity contribution < 1.29 is 30.7 Å². The van der Waals surface area contributed by atoms with Crippen LogP contribution in [0.2, 0.25) is 15.1 Å². The molecule has 13 heteroatoms. The number of benzene rings is 2. The van der Waals surface area contributed by atoms with Crippen LogP contribution in [0.4, 0.5) is 36.4 Å². The molecule has 0 atom stereocenters. The van der Waals surface area contributed by atoms with E-state index < -0.39 is 39.3 Å². The van der Waals surface area contributed by atoms with E-state index in [1.54, 1.807) is 18.2 Å². The Balaban J connectivity index is 2.52. The van der Waals surface area contributed by atoms with E-state index >= 15 is 0 Å². The molecule has 0 saturated carbocycles. The highest BCUT2D eigenvalue weighted by Crippen LogP contribution is 2.54. The quantitative estimate of drug-likeness (QED) is 0.325. The van der Waals surface area contributed by atoms with Crippen LogP contribution in [0, 0.1) is 0 Å². The predicted molar refractivity (Wildman–Crippen MR) is 111 cm³/mol. The van der Waals surface area contributed by atoms with Crippen molar-refractivity contribution in [2.45, 2.75) is 24.6 Å². The van der Waals surface area contributed by atoms with Crippen LogP contribution in [0.3, 0.4) is 0 Å². The van der Waals surface area contributed by atoms with E-state index in [0.717, 1.165) is 12.4 Å². The first-order chi connectivity index (χ1) is 14.7. The molecule has 4 N–H and O–H groups in total. The van der Waals surface area contributed by atoms with Gasteiger partial charge in [-0.05, 0) is 35.4 Å². The molecule has 3 nitrogen and oxygen atoms in total. The zero-order valence-electron chi connectivity index (χ0n) is 15.6. The van der Waals surface area contributed by atoms with E-state index in [9.17, 15) is 30.7 Å². The number of halogens is 10. The third-order valence-electron chi connectivity index (χ3n) is 4.31. The number of nitrogens with two attached hydrogens (primary N) is 2. The first kappa shape index (κ1) is 26.2. The summed E-state index contributed by atoms with van der Waals surface area (Å²) in [5.74, 6) is 0. The molecule has 0 heterocycles. The molecule has 0 bridgehead atoms. The Morgan fingerprint density at radius 1 is 0.875 bits per heavy atom. The first-order valence-electron chi connectivity index (χ1n) is 8.44. The minimum Gasteiger partial charge on any atom is -0.404 e. The van der Waals surface area contributed by atoms with Crippen LogP contribution < -0.4 is 11.5 Å². The van der Waals surface area contributed by atoms with E-state index in [1.165, 1.54) is 0 Å². The van der Waals surface area contributed by atoms with E-state index in [0.29, 0.717) is 16.1 Å². The Hall–Kier alpha value is -2.01. The summed E-state index contributed by atoms with van der Waals surface area (Å²) in [5.41, 5.74) is 4.61. The summed E-state index contributed by atoms with van der Waals surface area (Å²) in [6.45, 7) is 0.115. The van der Waals surface area contributed by atoms with Gasteiger partial charge < -0.3 is 11.5 Å². The Morgan fingerprint density at radius 2 is 1.41 bits per heavy atom. The molecule has 2 aromatic carbocycles. The highest BCUT2D eigenvalue weighted by molar-refractivity contribution is 6.39. The van der Waals surface area contributed by atoms with Gasteiger partial charge in [-0.25, -0.2) is 4.39 Å². The van der Waals surface area contributed by atoms with Gasteiger partial charge in [0.05, 0.1) is 10.0 Å². The lowest BCUT2D eigenvalue weighted by Gasteiger charge is -2.30. The summed E-state index contributed by atoms with van der Waals surface area (Å²) in [7, 11) is 0. The zero-order valence-corrected chi connectivity index (χ0v) is 17.9. The Morgan fingerprint density at radius 3 is 1.84 bits per heavy atom. The lowest BCUT2D eigenvalue weighted by molar-refractivity contribution is -0.348. The minimum atomic E-state index is -6.31. The molecule has 0 aliphatic carbocycles. The van der Waals surface area contributed by atoms with Gasteiger partial charge in [0.15, 0.2) is 0 Å². The van der Waals surface area contributed by atoms with E-state index in [2.05, 4.69) is 4.99 Å². The summed E-state index contributed by atoms with van der Waals surface area (Å²) < 4.78 is 92.1. The summed E-state index contributed by atoms with van der Waals surface area (Å²) in [5, 5.41) is -1.08. The third-order valence-corrected chi connectivity index (χ3v) is 5.25. The second-order valence-corrected chi connectivity index (χ2v) is 7.55. The van der Waals surface area contributed by atoms with Gasteiger partial charge in [0, 0.05) is 35.1 Å². The zero-order chi connectivity index (χ0) is 24.5. The SMILES string of the molecule is NC=C(C=Nc1c(Cl)cc(C(F)(C(F)(F)F)C(F)(F)F)cc1Cl)c1ccc(Cl)c(CN)c1. The summed E-state index contributed by atoms with van der Waals surface area (Å²) >= 11 is 17.6. The topological polar surface area (TPSA) is 64.4 Å². The number of aliphatic imine (C=N–C) groups is 1. The highest BCUT2D eigenvalue weighted by atomic mass is 35.5. The molecular formula is C19H13Cl3F7N3. The number of allylic oxidation sites excluding steroid dienone is 1. The smallest absolute Gasteiger partial charge is 0.404 e. The summed E-state index contributed by atoms with van der Waals surface area (Å²) in [6.07, 6.45) is -10.4. The molecule has 2 rings (SSSR count). The highest BCUT2D eigenvalue weighted by Gasteiger charge is 2.73. The van der Waals surface area contributed by atoms with Crippen molar-refractivity contribution in [3.05, 3.63) is 68.3 Å². The normalized spacial score (nSPS) is 13.8.